The molecule has 5 N–H and O–H groups in total. The minimum absolute atomic E-state index is 0.0349. The molecule has 2 rings (SSSR count). The first kappa shape index (κ1) is 19.5. The normalized spacial score (nSPS) is 11.8. The quantitative estimate of drug-likeness (QED) is 0.496. The van der Waals surface area contributed by atoms with Gasteiger partial charge >= 0.3 is 0 Å². The highest BCUT2D eigenvalue weighted by Crippen LogP contribution is 2.25. The van der Waals surface area contributed by atoms with Gasteiger partial charge in [0, 0.05) is 24.9 Å². The first-order valence-electron chi connectivity index (χ1n) is 8.46. The Morgan fingerprint density at radius 1 is 1.42 bits per heavy atom. The van der Waals surface area contributed by atoms with Crippen LogP contribution in [-0.4, -0.2) is 39.8 Å². The summed E-state index contributed by atoms with van der Waals surface area (Å²) in [5, 5.41) is 12.5. The lowest BCUT2D eigenvalue weighted by molar-refractivity contribution is 0.275. The van der Waals surface area contributed by atoms with Crippen LogP contribution in [0.3, 0.4) is 0 Å². The molecule has 0 saturated heterocycles. The van der Waals surface area contributed by atoms with Gasteiger partial charge in [0.05, 0.1) is 19.0 Å². The summed E-state index contributed by atoms with van der Waals surface area (Å²) in [6.07, 6.45) is 5.40. The molecule has 1 unspecified atom stereocenters. The number of nitrogens with zero attached hydrogens (tertiary/aromatic N) is 2. The van der Waals surface area contributed by atoms with E-state index >= 15 is 0 Å². The number of pyridine rings is 1. The fourth-order valence-electron chi connectivity index (χ4n) is 2.57. The largest absolute Gasteiger partial charge is 0.491 e. The minimum Gasteiger partial charge on any atom is -0.491 e. The third kappa shape index (κ3) is 5.09. The Hall–Kier alpha value is -2.81. The predicted molar refractivity (Wildman–Crippen MR) is 98.4 cm³/mol. The lowest BCUT2D eigenvalue weighted by Gasteiger charge is -2.20. The van der Waals surface area contributed by atoms with E-state index in [4.69, 9.17) is 15.2 Å². The van der Waals surface area contributed by atoms with Crippen LogP contribution < -0.4 is 26.0 Å². The maximum Gasteiger partial charge on any atom is 0.223 e. The van der Waals surface area contributed by atoms with E-state index in [1.807, 2.05) is 0 Å². The Morgan fingerprint density at radius 3 is 2.92 bits per heavy atom. The predicted octanol–water partition coefficient (Wildman–Crippen LogP) is 1.30. The van der Waals surface area contributed by atoms with Gasteiger partial charge in [0.2, 0.25) is 11.4 Å². The van der Waals surface area contributed by atoms with Crippen LogP contribution in [0.2, 0.25) is 0 Å². The zero-order valence-corrected chi connectivity index (χ0v) is 15.0. The molecule has 26 heavy (non-hydrogen) atoms. The zero-order chi connectivity index (χ0) is 18.9. The van der Waals surface area contributed by atoms with Crippen LogP contribution in [-0.2, 0) is 6.61 Å². The number of ether oxygens (including phenoxy) is 2. The second-order valence-electron chi connectivity index (χ2n) is 5.73. The van der Waals surface area contributed by atoms with Gasteiger partial charge in [-0.2, -0.15) is 4.98 Å². The fourth-order valence-corrected chi connectivity index (χ4v) is 2.57. The summed E-state index contributed by atoms with van der Waals surface area (Å²) in [4.78, 5) is 22.9. The summed E-state index contributed by atoms with van der Waals surface area (Å²) in [5.74, 6) is 1.15. The molecule has 0 amide bonds. The van der Waals surface area contributed by atoms with Crippen LogP contribution >= 0.6 is 0 Å². The van der Waals surface area contributed by atoms with E-state index in [1.54, 1.807) is 0 Å². The molecule has 2 aromatic rings. The Bertz CT molecular complexity index is 759. The smallest absolute Gasteiger partial charge is 0.223 e. The summed E-state index contributed by atoms with van der Waals surface area (Å²) in [6.45, 7) is 2.20. The van der Waals surface area contributed by atoms with E-state index in [1.165, 1.54) is 25.6 Å². The molecular weight excluding hydrogens is 338 g/mol. The maximum atomic E-state index is 11.8. The number of methoxy groups -OCH3 is 1. The van der Waals surface area contributed by atoms with Crippen LogP contribution in [0, 0.1) is 0 Å². The number of aromatic amines is 1. The molecule has 0 aliphatic carbocycles. The number of aromatic nitrogens is 3. The highest BCUT2D eigenvalue weighted by atomic mass is 16.5. The molecule has 9 nitrogen and oxygen atoms in total. The van der Waals surface area contributed by atoms with Crippen molar-refractivity contribution in [3.05, 3.63) is 34.4 Å². The Kier molecular flexibility index (Phi) is 7.22. The van der Waals surface area contributed by atoms with Crippen LogP contribution in [0.4, 0.5) is 11.8 Å². The molecule has 0 bridgehead atoms. The zero-order valence-electron chi connectivity index (χ0n) is 15.0. The highest BCUT2D eigenvalue weighted by Gasteiger charge is 2.15. The molecule has 2 aromatic heterocycles. The molecule has 0 saturated carbocycles. The highest BCUT2D eigenvalue weighted by molar-refractivity contribution is 5.52. The van der Waals surface area contributed by atoms with Crippen LogP contribution in [0.15, 0.2) is 23.3 Å². The minimum atomic E-state index is -0.234. The van der Waals surface area contributed by atoms with Gasteiger partial charge in [0.25, 0.3) is 0 Å². The van der Waals surface area contributed by atoms with Crippen molar-refractivity contribution in [1.29, 1.82) is 0 Å². The van der Waals surface area contributed by atoms with Crippen molar-refractivity contribution in [2.75, 3.05) is 24.8 Å². The maximum absolute atomic E-state index is 11.8. The van der Waals surface area contributed by atoms with Crippen molar-refractivity contribution in [2.24, 2.45) is 0 Å². The number of aliphatic hydroxyl groups is 1. The Labute approximate surface area is 151 Å². The lowest BCUT2D eigenvalue weighted by atomic mass is 10.1. The molecule has 0 spiro atoms. The third-order valence-electron chi connectivity index (χ3n) is 3.80. The number of hydrogen-bond acceptors (Lipinski definition) is 8. The van der Waals surface area contributed by atoms with Gasteiger partial charge < -0.3 is 30.6 Å². The van der Waals surface area contributed by atoms with E-state index in [9.17, 15) is 9.90 Å². The number of nitrogens with two attached hydrogens (primary N) is 1. The molecule has 142 valence electrons. The molecule has 0 aromatic carbocycles. The fraction of sp³-hybridized carbons (Fsp3) is 0.471. The molecule has 2 heterocycles. The lowest BCUT2D eigenvalue weighted by Crippen LogP contribution is -2.22. The van der Waals surface area contributed by atoms with Gasteiger partial charge in [-0.05, 0) is 12.8 Å². The third-order valence-corrected chi connectivity index (χ3v) is 3.80. The van der Waals surface area contributed by atoms with Gasteiger partial charge in [0.1, 0.15) is 6.61 Å². The van der Waals surface area contributed by atoms with E-state index < -0.39 is 0 Å². The van der Waals surface area contributed by atoms with E-state index in [0.29, 0.717) is 23.7 Å². The average molecular weight is 363 g/mol. The first-order valence-corrected chi connectivity index (χ1v) is 8.46. The summed E-state index contributed by atoms with van der Waals surface area (Å²) < 4.78 is 10.9. The first-order chi connectivity index (χ1) is 12.6. The SMILES string of the molecule is CCCC(CCO)Nc1nc(N)ncc1OCc1[nH]ccc(=O)c1OC. The molecule has 0 fully saturated rings. The number of anilines is 2. The monoisotopic (exact) mass is 363 g/mol. The number of H-pyrrole nitrogens is 1. The molecule has 0 aliphatic rings. The number of hydrogen-bond donors (Lipinski definition) is 4. The molecular formula is C17H25N5O4. The number of aliphatic hydroxyl groups excluding tert-OH is 1. The number of nitrogen functional groups attached to an aromatic ring is 1. The van der Waals surface area contributed by atoms with E-state index in [0.717, 1.165) is 12.8 Å². The Balaban J connectivity index is 2.19. The molecule has 1 atom stereocenters. The van der Waals surface area contributed by atoms with Crippen molar-refractivity contribution in [3.8, 4) is 11.5 Å². The molecule has 9 heteroatoms. The van der Waals surface area contributed by atoms with Crippen LogP contribution in [0.5, 0.6) is 11.5 Å². The average Bonchev–Trinajstić information content (AvgIpc) is 2.61. The van der Waals surface area contributed by atoms with Gasteiger partial charge in [0.15, 0.2) is 17.3 Å². The van der Waals surface area contributed by atoms with Crippen molar-refractivity contribution in [3.63, 3.8) is 0 Å². The summed E-state index contributed by atoms with van der Waals surface area (Å²) in [6, 6.07) is 1.42. The van der Waals surface area contributed by atoms with Gasteiger partial charge in [-0.1, -0.05) is 13.3 Å². The van der Waals surface area contributed by atoms with Crippen molar-refractivity contribution >= 4 is 11.8 Å². The van der Waals surface area contributed by atoms with Crippen LogP contribution in [0.1, 0.15) is 31.9 Å². The van der Waals surface area contributed by atoms with Gasteiger partial charge in [-0.15, -0.1) is 0 Å². The second-order valence-corrected chi connectivity index (χ2v) is 5.73. The summed E-state index contributed by atoms with van der Waals surface area (Å²) >= 11 is 0. The summed E-state index contributed by atoms with van der Waals surface area (Å²) in [7, 11) is 1.43. The number of nitrogens with one attached hydrogen (secondary N) is 2. The van der Waals surface area contributed by atoms with Crippen molar-refractivity contribution < 1.29 is 14.6 Å². The van der Waals surface area contributed by atoms with E-state index in [-0.39, 0.29) is 36.4 Å². The van der Waals surface area contributed by atoms with Gasteiger partial charge in [-0.25, -0.2) is 4.98 Å². The molecule has 0 radical (unpaired) electrons. The molecule has 0 aliphatic heterocycles. The van der Waals surface area contributed by atoms with Crippen molar-refractivity contribution in [2.45, 2.75) is 38.8 Å². The van der Waals surface area contributed by atoms with Crippen LogP contribution in [0.25, 0.3) is 0 Å². The summed E-state index contributed by atoms with van der Waals surface area (Å²) in [5.41, 5.74) is 5.96. The number of rotatable bonds is 10. The van der Waals surface area contributed by atoms with Crippen molar-refractivity contribution in [1.82, 2.24) is 15.0 Å². The Morgan fingerprint density at radius 2 is 2.23 bits per heavy atom. The van der Waals surface area contributed by atoms with Gasteiger partial charge in [-0.3, -0.25) is 4.79 Å². The van der Waals surface area contributed by atoms with E-state index in [2.05, 4.69) is 27.2 Å². The standard InChI is InChI=1S/C17H25N5O4/c1-3-4-11(6-8-23)21-16-14(9-20-17(18)22-16)26-10-12-15(25-2)13(24)5-7-19-12/h5,7,9,11,23H,3-4,6,8,10H2,1-2H3,(H,19,24)(H3,18,20,21,22). The second kappa shape index (κ2) is 9.62. The topological polar surface area (TPSA) is 135 Å².